The van der Waals surface area contributed by atoms with Crippen molar-refractivity contribution in [2.75, 3.05) is 17.7 Å². The molecule has 0 spiro atoms. The summed E-state index contributed by atoms with van der Waals surface area (Å²) in [5.41, 5.74) is 4.22. The van der Waals surface area contributed by atoms with Crippen molar-refractivity contribution in [1.82, 2.24) is 0 Å². The smallest absolute Gasteiger partial charge is 0.316 e. The number of carbonyl (C=O) groups is 2. The summed E-state index contributed by atoms with van der Waals surface area (Å²) >= 11 is 3.62. The first-order valence-electron chi connectivity index (χ1n) is 9.23. The maximum Gasteiger partial charge on any atom is 0.316 e. The van der Waals surface area contributed by atoms with Gasteiger partial charge in [0.2, 0.25) is 0 Å². The molecule has 0 saturated heterocycles. The summed E-state index contributed by atoms with van der Waals surface area (Å²) in [4.78, 5) is 25.9. The molecular formula is C22H21BrN2O3. The van der Waals surface area contributed by atoms with Crippen molar-refractivity contribution in [3.8, 4) is 0 Å². The second-order valence-electron chi connectivity index (χ2n) is 7.21. The molecule has 0 unspecified atom stereocenters. The second kappa shape index (κ2) is 7.43. The van der Waals surface area contributed by atoms with Crippen molar-refractivity contribution in [2.45, 2.75) is 19.4 Å². The number of hydrogen-bond donors (Lipinski definition) is 2. The van der Waals surface area contributed by atoms with Crippen LogP contribution in [0.2, 0.25) is 0 Å². The Labute approximate surface area is 172 Å². The van der Waals surface area contributed by atoms with E-state index in [9.17, 15) is 9.59 Å². The molecule has 0 amide bonds. The zero-order chi connectivity index (χ0) is 19.8. The number of methoxy groups -OCH3 is 1. The molecule has 2 aliphatic rings. The average molecular weight is 441 g/mol. The molecule has 1 aliphatic carbocycles. The number of allylic oxidation sites excluding steroid dienone is 1. The van der Waals surface area contributed by atoms with Gasteiger partial charge in [0.25, 0.3) is 0 Å². The molecule has 0 aromatic heterocycles. The van der Waals surface area contributed by atoms with Crippen LogP contribution in [0.4, 0.5) is 11.4 Å². The molecule has 5 nitrogen and oxygen atoms in total. The third-order valence-corrected chi connectivity index (χ3v) is 6.16. The van der Waals surface area contributed by atoms with Gasteiger partial charge in [-0.25, -0.2) is 0 Å². The Balaban J connectivity index is 1.90. The number of ketones is 1. The van der Waals surface area contributed by atoms with Crippen molar-refractivity contribution in [1.29, 1.82) is 0 Å². The van der Waals surface area contributed by atoms with Crippen LogP contribution in [0.15, 0.2) is 64.3 Å². The third kappa shape index (κ3) is 3.11. The fourth-order valence-corrected chi connectivity index (χ4v) is 4.59. The summed E-state index contributed by atoms with van der Waals surface area (Å²) in [6.45, 7) is 1.92. The number of rotatable bonds is 2. The maximum absolute atomic E-state index is 13.5. The van der Waals surface area contributed by atoms with Crippen LogP contribution in [0, 0.1) is 11.8 Å². The van der Waals surface area contributed by atoms with E-state index < -0.39 is 11.9 Å². The minimum Gasteiger partial charge on any atom is -0.468 e. The van der Waals surface area contributed by atoms with E-state index in [4.69, 9.17) is 4.74 Å². The number of anilines is 2. The number of esters is 1. The molecule has 2 aromatic carbocycles. The van der Waals surface area contributed by atoms with Gasteiger partial charge in [-0.15, -0.1) is 0 Å². The number of hydrogen-bond acceptors (Lipinski definition) is 5. The Bertz CT molecular complexity index is 985. The first kappa shape index (κ1) is 18.7. The normalized spacial score (nSPS) is 23.7. The lowest BCUT2D eigenvalue weighted by atomic mass is 9.75. The molecule has 1 heterocycles. The molecule has 2 aromatic rings. The number of fused-ring (bicyclic) bond motifs is 1. The molecule has 3 atom stereocenters. The van der Waals surface area contributed by atoms with Gasteiger partial charge in [0.1, 0.15) is 5.92 Å². The molecule has 4 rings (SSSR count). The average Bonchev–Trinajstić information content (AvgIpc) is 2.84. The van der Waals surface area contributed by atoms with E-state index in [1.165, 1.54) is 7.11 Å². The van der Waals surface area contributed by atoms with Crippen molar-refractivity contribution < 1.29 is 14.3 Å². The Kier molecular flexibility index (Phi) is 4.98. The van der Waals surface area contributed by atoms with Crippen molar-refractivity contribution in [3.63, 3.8) is 0 Å². The zero-order valence-corrected chi connectivity index (χ0v) is 17.2. The fourth-order valence-electron chi connectivity index (χ4n) is 4.08. The summed E-state index contributed by atoms with van der Waals surface area (Å²) in [6.07, 6.45) is 0.595. The summed E-state index contributed by atoms with van der Waals surface area (Å²) in [5, 5.41) is 6.96. The largest absolute Gasteiger partial charge is 0.468 e. The fraction of sp³-hybridized carbons (Fsp3) is 0.273. The van der Waals surface area contributed by atoms with Gasteiger partial charge in [-0.05, 0) is 36.1 Å². The Morgan fingerprint density at radius 2 is 1.79 bits per heavy atom. The van der Waals surface area contributed by atoms with E-state index in [2.05, 4.69) is 26.6 Å². The monoisotopic (exact) mass is 440 g/mol. The number of benzene rings is 2. The number of para-hydroxylation sites is 2. The van der Waals surface area contributed by atoms with Crippen LogP contribution in [0.1, 0.15) is 24.9 Å². The van der Waals surface area contributed by atoms with Gasteiger partial charge in [0.15, 0.2) is 5.78 Å². The minimum absolute atomic E-state index is 0.142. The lowest BCUT2D eigenvalue weighted by Crippen LogP contribution is -2.39. The lowest BCUT2D eigenvalue weighted by molar-refractivity contribution is -0.151. The van der Waals surface area contributed by atoms with Gasteiger partial charge in [-0.1, -0.05) is 53.2 Å². The van der Waals surface area contributed by atoms with Crippen molar-refractivity contribution >= 4 is 39.1 Å². The standard InChI is InChI=1S/C22H21BrN2O3/c1-12-11-17-19(21(26)18(12)22(27)28-2)20(13-7-3-4-8-14(13)23)25-16-10-6-5-9-15(16)24-17/h3-10,12,18,20,24-25H,11H2,1-2H3/t12-,18-,20-/m0/s1. The van der Waals surface area contributed by atoms with E-state index in [0.29, 0.717) is 12.0 Å². The molecule has 0 radical (unpaired) electrons. The highest BCUT2D eigenvalue weighted by atomic mass is 79.9. The first-order chi connectivity index (χ1) is 13.5. The highest BCUT2D eigenvalue weighted by Gasteiger charge is 2.44. The molecule has 1 aliphatic heterocycles. The first-order valence-corrected chi connectivity index (χ1v) is 10.0. The SMILES string of the molecule is COC(=O)[C@@H]1C(=O)C2=C(C[C@@H]1C)Nc1ccccc1N[C@H]2c1ccccc1Br. The number of halogens is 1. The van der Waals surface area contributed by atoms with Crippen LogP contribution >= 0.6 is 15.9 Å². The van der Waals surface area contributed by atoms with E-state index >= 15 is 0 Å². The Hall–Kier alpha value is -2.60. The van der Waals surface area contributed by atoms with E-state index in [0.717, 1.165) is 27.1 Å². The molecule has 0 bridgehead atoms. The zero-order valence-electron chi connectivity index (χ0n) is 15.7. The second-order valence-corrected chi connectivity index (χ2v) is 8.06. The summed E-state index contributed by atoms with van der Waals surface area (Å²) in [7, 11) is 1.33. The van der Waals surface area contributed by atoms with E-state index in [1.807, 2.05) is 55.5 Å². The quantitative estimate of drug-likeness (QED) is 0.524. The van der Waals surface area contributed by atoms with Crippen LogP contribution < -0.4 is 10.6 Å². The van der Waals surface area contributed by atoms with Crippen LogP contribution in [0.3, 0.4) is 0 Å². The highest BCUT2D eigenvalue weighted by molar-refractivity contribution is 9.10. The molecule has 6 heteroatoms. The van der Waals surface area contributed by atoms with Gasteiger partial charge < -0.3 is 15.4 Å². The molecule has 2 N–H and O–H groups in total. The summed E-state index contributed by atoms with van der Waals surface area (Å²) in [5.74, 6) is -1.60. The predicted octanol–water partition coefficient (Wildman–Crippen LogP) is 4.68. The molecule has 28 heavy (non-hydrogen) atoms. The van der Waals surface area contributed by atoms with Crippen molar-refractivity contribution in [3.05, 3.63) is 69.8 Å². The number of nitrogens with one attached hydrogen (secondary N) is 2. The van der Waals surface area contributed by atoms with Gasteiger partial charge in [0.05, 0.1) is 24.5 Å². The highest BCUT2D eigenvalue weighted by Crippen LogP contribution is 2.44. The van der Waals surface area contributed by atoms with Crippen LogP contribution in [-0.2, 0) is 14.3 Å². The maximum atomic E-state index is 13.5. The molecular weight excluding hydrogens is 420 g/mol. The lowest BCUT2D eigenvalue weighted by Gasteiger charge is -2.32. The Morgan fingerprint density at radius 1 is 1.11 bits per heavy atom. The van der Waals surface area contributed by atoms with Crippen molar-refractivity contribution in [2.24, 2.45) is 11.8 Å². The van der Waals surface area contributed by atoms with Crippen LogP contribution in [-0.4, -0.2) is 18.9 Å². The third-order valence-electron chi connectivity index (χ3n) is 5.44. The topological polar surface area (TPSA) is 67.4 Å². The van der Waals surface area contributed by atoms with Gasteiger partial charge in [0, 0.05) is 15.7 Å². The molecule has 144 valence electrons. The predicted molar refractivity (Wildman–Crippen MR) is 112 cm³/mol. The van der Waals surface area contributed by atoms with Gasteiger partial charge in [-0.3, -0.25) is 9.59 Å². The number of carbonyl (C=O) groups excluding carboxylic acids is 2. The van der Waals surface area contributed by atoms with E-state index in [-0.39, 0.29) is 17.7 Å². The molecule has 0 saturated carbocycles. The number of ether oxygens (including phenoxy) is 1. The Morgan fingerprint density at radius 3 is 2.50 bits per heavy atom. The molecule has 0 fully saturated rings. The van der Waals surface area contributed by atoms with Crippen LogP contribution in [0.5, 0.6) is 0 Å². The summed E-state index contributed by atoms with van der Waals surface area (Å²) in [6, 6.07) is 15.3. The van der Waals surface area contributed by atoms with Gasteiger partial charge in [-0.2, -0.15) is 0 Å². The summed E-state index contributed by atoms with van der Waals surface area (Å²) < 4.78 is 5.84. The number of Topliss-reactive ketones (excluding diaryl/α,β-unsaturated/α-hetero) is 1. The van der Waals surface area contributed by atoms with Crippen LogP contribution in [0.25, 0.3) is 0 Å². The van der Waals surface area contributed by atoms with Gasteiger partial charge >= 0.3 is 5.97 Å². The van der Waals surface area contributed by atoms with E-state index in [1.54, 1.807) is 0 Å². The minimum atomic E-state index is -0.793.